The Morgan fingerprint density at radius 1 is 1.39 bits per heavy atom. The first-order valence-electron chi connectivity index (χ1n) is 6.73. The van der Waals surface area contributed by atoms with E-state index >= 15 is 0 Å². The normalized spacial score (nSPS) is 13.4. The van der Waals surface area contributed by atoms with Gasteiger partial charge in [0.2, 0.25) is 0 Å². The maximum atomic E-state index is 13.8. The first-order valence-corrected chi connectivity index (χ1v) is 6.73. The van der Waals surface area contributed by atoms with Crippen molar-refractivity contribution in [3.05, 3.63) is 63.3 Å². The number of nitro groups is 1. The summed E-state index contributed by atoms with van der Waals surface area (Å²) < 4.78 is 26.7. The molecule has 0 aliphatic rings. The lowest BCUT2D eigenvalue weighted by Gasteiger charge is -2.25. The van der Waals surface area contributed by atoms with Gasteiger partial charge in [-0.25, -0.2) is 13.8 Å². The molecule has 2 N–H and O–H groups in total. The first kappa shape index (κ1) is 16.8. The molecule has 8 heteroatoms. The molecule has 122 valence electrons. The fraction of sp³-hybridized carbons (Fsp3) is 0.267. The topological polar surface area (TPSA) is 88.3 Å². The van der Waals surface area contributed by atoms with Gasteiger partial charge in [-0.05, 0) is 26.0 Å². The lowest BCUT2D eigenvalue weighted by molar-refractivity contribution is -0.385. The highest BCUT2D eigenvalue weighted by atomic mass is 19.1. The standard InChI is InChI=1S/C15H15F2N3O3/c1-9-5-14(18-7-13(9)20(22)23)19-8-15(2,21)11-4-3-10(16)6-12(11)17/h3-7,21H,8H2,1-2H3,(H,18,19). The van der Waals surface area contributed by atoms with E-state index in [1.807, 2.05) is 0 Å². The number of nitrogens with zero attached hydrogens (tertiary/aromatic N) is 2. The number of halogens is 2. The monoisotopic (exact) mass is 323 g/mol. The van der Waals surface area contributed by atoms with Crippen LogP contribution in [0.15, 0.2) is 30.5 Å². The first-order chi connectivity index (χ1) is 10.7. The van der Waals surface area contributed by atoms with Crippen LogP contribution in [0.3, 0.4) is 0 Å². The van der Waals surface area contributed by atoms with Gasteiger partial charge in [-0.15, -0.1) is 0 Å². The molecule has 1 aromatic carbocycles. The van der Waals surface area contributed by atoms with Crippen molar-refractivity contribution in [2.45, 2.75) is 19.4 Å². The summed E-state index contributed by atoms with van der Waals surface area (Å²) in [4.78, 5) is 14.1. The van der Waals surface area contributed by atoms with Crippen molar-refractivity contribution in [2.75, 3.05) is 11.9 Å². The third kappa shape index (κ3) is 3.78. The van der Waals surface area contributed by atoms with E-state index < -0.39 is 22.2 Å². The molecule has 0 amide bonds. The minimum absolute atomic E-state index is 0.0648. The highest BCUT2D eigenvalue weighted by Gasteiger charge is 2.27. The molecule has 0 bridgehead atoms. The van der Waals surface area contributed by atoms with Crippen LogP contribution in [-0.2, 0) is 5.60 Å². The van der Waals surface area contributed by atoms with E-state index in [0.29, 0.717) is 17.4 Å². The number of benzene rings is 1. The number of pyridine rings is 1. The number of anilines is 1. The van der Waals surface area contributed by atoms with Gasteiger partial charge in [-0.1, -0.05) is 6.07 Å². The van der Waals surface area contributed by atoms with Crippen LogP contribution in [0.4, 0.5) is 20.3 Å². The highest BCUT2D eigenvalue weighted by molar-refractivity contribution is 5.47. The van der Waals surface area contributed by atoms with Gasteiger partial charge < -0.3 is 10.4 Å². The van der Waals surface area contributed by atoms with Crippen LogP contribution in [0.5, 0.6) is 0 Å². The second kappa shape index (κ2) is 6.25. The predicted molar refractivity (Wildman–Crippen MR) is 80.0 cm³/mol. The van der Waals surface area contributed by atoms with Crippen LogP contribution >= 0.6 is 0 Å². The summed E-state index contributed by atoms with van der Waals surface area (Å²) in [5.74, 6) is -1.29. The Morgan fingerprint density at radius 3 is 2.65 bits per heavy atom. The molecule has 1 unspecified atom stereocenters. The van der Waals surface area contributed by atoms with Crippen molar-refractivity contribution in [1.29, 1.82) is 0 Å². The molecule has 1 aromatic heterocycles. The Morgan fingerprint density at radius 2 is 2.09 bits per heavy atom. The quantitative estimate of drug-likeness (QED) is 0.652. The molecule has 0 spiro atoms. The molecule has 6 nitrogen and oxygen atoms in total. The van der Waals surface area contributed by atoms with Gasteiger partial charge in [-0.2, -0.15) is 0 Å². The van der Waals surface area contributed by atoms with E-state index in [1.54, 1.807) is 6.92 Å². The van der Waals surface area contributed by atoms with Gasteiger partial charge in [0.15, 0.2) is 0 Å². The molecular formula is C15H15F2N3O3. The number of aliphatic hydroxyl groups is 1. The number of rotatable bonds is 5. The van der Waals surface area contributed by atoms with Crippen LogP contribution < -0.4 is 5.32 Å². The summed E-state index contributed by atoms with van der Waals surface area (Å²) in [6, 6.07) is 4.37. The maximum Gasteiger partial charge on any atom is 0.290 e. The Bertz CT molecular complexity index is 751. The fourth-order valence-corrected chi connectivity index (χ4v) is 2.12. The van der Waals surface area contributed by atoms with E-state index in [2.05, 4.69) is 10.3 Å². The van der Waals surface area contributed by atoms with E-state index in [1.165, 1.54) is 19.1 Å². The van der Waals surface area contributed by atoms with Crippen molar-refractivity contribution in [1.82, 2.24) is 4.98 Å². The minimum atomic E-state index is -1.62. The molecular weight excluding hydrogens is 308 g/mol. The van der Waals surface area contributed by atoms with E-state index in [4.69, 9.17) is 0 Å². The summed E-state index contributed by atoms with van der Waals surface area (Å²) in [5.41, 5.74) is -1.40. The summed E-state index contributed by atoms with van der Waals surface area (Å²) in [7, 11) is 0. The summed E-state index contributed by atoms with van der Waals surface area (Å²) >= 11 is 0. The highest BCUT2D eigenvalue weighted by Crippen LogP contribution is 2.25. The summed E-state index contributed by atoms with van der Waals surface area (Å²) in [5, 5.41) is 23.9. The SMILES string of the molecule is Cc1cc(NCC(C)(O)c2ccc(F)cc2F)ncc1[N+](=O)[O-]. The third-order valence-corrected chi connectivity index (χ3v) is 3.40. The van der Waals surface area contributed by atoms with Crippen LogP contribution in [0.2, 0.25) is 0 Å². The van der Waals surface area contributed by atoms with Gasteiger partial charge in [0.05, 0.1) is 4.92 Å². The second-order valence-electron chi connectivity index (χ2n) is 5.36. The maximum absolute atomic E-state index is 13.8. The zero-order valence-corrected chi connectivity index (χ0v) is 12.5. The Balaban J connectivity index is 2.16. The molecule has 2 aromatic rings. The molecule has 1 atom stereocenters. The van der Waals surface area contributed by atoms with Crippen LogP contribution in [0.25, 0.3) is 0 Å². The number of nitrogens with one attached hydrogen (secondary N) is 1. The zero-order chi connectivity index (χ0) is 17.2. The van der Waals surface area contributed by atoms with Gasteiger partial charge in [-0.3, -0.25) is 10.1 Å². The molecule has 1 heterocycles. The largest absolute Gasteiger partial charge is 0.383 e. The van der Waals surface area contributed by atoms with Crippen molar-refractivity contribution >= 4 is 11.5 Å². The van der Waals surface area contributed by atoms with Gasteiger partial charge in [0, 0.05) is 23.7 Å². The molecule has 0 saturated heterocycles. The molecule has 0 saturated carbocycles. The predicted octanol–water partition coefficient (Wildman–Crippen LogP) is 2.90. The van der Waals surface area contributed by atoms with E-state index in [9.17, 15) is 24.0 Å². The summed E-state index contributed by atoms with van der Waals surface area (Å²) in [6.45, 7) is 2.82. The van der Waals surface area contributed by atoms with E-state index in [0.717, 1.165) is 12.3 Å². The molecule has 0 aliphatic heterocycles. The number of hydrogen-bond donors (Lipinski definition) is 2. The average Bonchev–Trinajstić information content (AvgIpc) is 2.44. The zero-order valence-electron chi connectivity index (χ0n) is 12.5. The third-order valence-electron chi connectivity index (χ3n) is 3.40. The Labute approximate surface area is 130 Å². The molecule has 0 aliphatic carbocycles. The Hall–Kier alpha value is -2.61. The van der Waals surface area contributed by atoms with Crippen LogP contribution in [0, 0.1) is 28.7 Å². The smallest absolute Gasteiger partial charge is 0.290 e. The van der Waals surface area contributed by atoms with Crippen molar-refractivity contribution in [2.24, 2.45) is 0 Å². The van der Waals surface area contributed by atoms with Crippen LogP contribution in [-0.4, -0.2) is 21.6 Å². The van der Waals surface area contributed by atoms with Crippen molar-refractivity contribution < 1.29 is 18.8 Å². The number of aryl methyl sites for hydroxylation is 1. The number of hydrogen-bond acceptors (Lipinski definition) is 5. The van der Waals surface area contributed by atoms with Crippen molar-refractivity contribution in [3.63, 3.8) is 0 Å². The lowest BCUT2D eigenvalue weighted by atomic mass is 9.95. The van der Waals surface area contributed by atoms with Crippen molar-refractivity contribution in [3.8, 4) is 0 Å². The lowest BCUT2D eigenvalue weighted by Crippen LogP contribution is -2.32. The second-order valence-corrected chi connectivity index (χ2v) is 5.36. The molecule has 0 fully saturated rings. The molecule has 0 radical (unpaired) electrons. The van der Waals surface area contributed by atoms with Crippen LogP contribution in [0.1, 0.15) is 18.1 Å². The van der Waals surface area contributed by atoms with E-state index in [-0.39, 0.29) is 17.8 Å². The molecule has 2 rings (SSSR count). The molecule has 23 heavy (non-hydrogen) atoms. The van der Waals surface area contributed by atoms with Gasteiger partial charge in [0.1, 0.15) is 29.3 Å². The minimum Gasteiger partial charge on any atom is -0.383 e. The fourth-order valence-electron chi connectivity index (χ4n) is 2.12. The Kier molecular flexibility index (Phi) is 4.55. The van der Waals surface area contributed by atoms with Gasteiger partial charge >= 0.3 is 0 Å². The number of aromatic nitrogens is 1. The van der Waals surface area contributed by atoms with Gasteiger partial charge in [0.25, 0.3) is 5.69 Å². The summed E-state index contributed by atoms with van der Waals surface area (Å²) in [6.07, 6.45) is 1.10. The average molecular weight is 323 g/mol.